The largest absolute Gasteiger partial charge is 0.339 e. The van der Waals surface area contributed by atoms with Crippen molar-refractivity contribution in [1.82, 2.24) is 15.5 Å². The topological polar surface area (TPSA) is 94.1 Å². The molecule has 1 fully saturated rings. The summed E-state index contributed by atoms with van der Waals surface area (Å²) in [7, 11) is 0. The van der Waals surface area contributed by atoms with Crippen LogP contribution in [0, 0.1) is 10.1 Å². The van der Waals surface area contributed by atoms with Gasteiger partial charge in [0.05, 0.1) is 4.92 Å². The van der Waals surface area contributed by atoms with Crippen LogP contribution in [0.25, 0.3) is 11.4 Å². The van der Waals surface area contributed by atoms with Crippen molar-refractivity contribution in [2.45, 2.75) is 25.3 Å². The van der Waals surface area contributed by atoms with Gasteiger partial charge < -0.3 is 9.84 Å². The van der Waals surface area contributed by atoms with Crippen LogP contribution < -0.4 is 5.32 Å². The second-order valence-electron chi connectivity index (χ2n) is 4.80. The molecule has 0 amide bonds. The summed E-state index contributed by atoms with van der Waals surface area (Å²) in [5.41, 5.74) is 0.605. The standard InChI is InChI=1S/C13H14N4O3/c18-17(19)11-3-1-2-9(8-11)13-15-12(20-16-13)6-7-14-10-4-5-10/h1-3,8,10,14H,4-7H2. The molecular weight excluding hydrogens is 260 g/mol. The van der Waals surface area contributed by atoms with Crippen LogP contribution in [-0.2, 0) is 6.42 Å². The van der Waals surface area contributed by atoms with E-state index in [2.05, 4.69) is 15.5 Å². The van der Waals surface area contributed by atoms with Crippen molar-refractivity contribution in [3.05, 3.63) is 40.3 Å². The van der Waals surface area contributed by atoms with E-state index < -0.39 is 4.92 Å². The number of hydrogen-bond acceptors (Lipinski definition) is 6. The number of nitrogens with zero attached hydrogens (tertiary/aromatic N) is 3. The van der Waals surface area contributed by atoms with Gasteiger partial charge in [-0.2, -0.15) is 4.98 Å². The Kier molecular flexibility index (Phi) is 3.42. The zero-order valence-electron chi connectivity index (χ0n) is 10.8. The number of aromatic nitrogens is 2. The summed E-state index contributed by atoms with van der Waals surface area (Å²) in [6.45, 7) is 0.807. The molecule has 1 saturated carbocycles. The molecule has 1 aromatic carbocycles. The van der Waals surface area contributed by atoms with Gasteiger partial charge in [-0.25, -0.2) is 0 Å². The third kappa shape index (κ3) is 3.00. The summed E-state index contributed by atoms with van der Waals surface area (Å²) in [6, 6.07) is 6.86. The number of rotatable bonds is 6. The van der Waals surface area contributed by atoms with E-state index in [1.165, 1.54) is 25.0 Å². The minimum Gasteiger partial charge on any atom is -0.339 e. The third-order valence-corrected chi connectivity index (χ3v) is 3.13. The van der Waals surface area contributed by atoms with Crippen molar-refractivity contribution in [2.75, 3.05) is 6.54 Å². The molecule has 7 heteroatoms. The first-order valence-corrected chi connectivity index (χ1v) is 6.53. The molecule has 0 radical (unpaired) electrons. The average molecular weight is 274 g/mol. The molecule has 1 aromatic heterocycles. The molecule has 7 nitrogen and oxygen atoms in total. The summed E-state index contributed by atoms with van der Waals surface area (Å²) < 4.78 is 5.15. The van der Waals surface area contributed by atoms with Crippen molar-refractivity contribution in [3.63, 3.8) is 0 Å². The predicted octanol–water partition coefficient (Wildman–Crippen LogP) is 1.94. The van der Waals surface area contributed by atoms with Gasteiger partial charge in [-0.3, -0.25) is 10.1 Å². The Bertz CT molecular complexity index is 622. The van der Waals surface area contributed by atoms with Gasteiger partial charge in [-0.15, -0.1) is 0 Å². The first kappa shape index (κ1) is 12.7. The van der Waals surface area contributed by atoms with Crippen molar-refractivity contribution in [2.24, 2.45) is 0 Å². The van der Waals surface area contributed by atoms with Crippen LogP contribution >= 0.6 is 0 Å². The van der Waals surface area contributed by atoms with Gasteiger partial charge in [0.25, 0.3) is 5.69 Å². The highest BCUT2D eigenvalue weighted by Gasteiger charge is 2.20. The maximum atomic E-state index is 10.7. The molecule has 0 atom stereocenters. The van der Waals surface area contributed by atoms with Crippen LogP contribution in [0.2, 0.25) is 0 Å². The minimum atomic E-state index is -0.440. The molecule has 20 heavy (non-hydrogen) atoms. The van der Waals surface area contributed by atoms with E-state index in [0.717, 1.165) is 6.54 Å². The summed E-state index contributed by atoms with van der Waals surface area (Å²) >= 11 is 0. The molecular formula is C13H14N4O3. The molecule has 3 rings (SSSR count). The molecule has 2 aromatic rings. The Balaban J connectivity index is 1.68. The van der Waals surface area contributed by atoms with E-state index in [4.69, 9.17) is 4.52 Å². The van der Waals surface area contributed by atoms with Crippen LogP contribution in [0.3, 0.4) is 0 Å². The Morgan fingerprint density at radius 1 is 1.45 bits per heavy atom. The molecule has 104 valence electrons. The van der Waals surface area contributed by atoms with Gasteiger partial charge in [-0.05, 0) is 12.8 Å². The fraction of sp³-hybridized carbons (Fsp3) is 0.385. The number of benzene rings is 1. The molecule has 0 aliphatic heterocycles. The SMILES string of the molecule is O=[N+]([O-])c1cccc(-c2noc(CCNC3CC3)n2)c1. The first-order chi connectivity index (χ1) is 9.72. The molecule has 0 spiro atoms. The monoisotopic (exact) mass is 274 g/mol. The van der Waals surface area contributed by atoms with Gasteiger partial charge in [0.15, 0.2) is 0 Å². The van der Waals surface area contributed by atoms with E-state index in [-0.39, 0.29) is 5.69 Å². The zero-order valence-corrected chi connectivity index (χ0v) is 10.8. The lowest BCUT2D eigenvalue weighted by molar-refractivity contribution is -0.384. The lowest BCUT2D eigenvalue weighted by Crippen LogP contribution is -2.19. The third-order valence-electron chi connectivity index (χ3n) is 3.13. The maximum absolute atomic E-state index is 10.7. The fourth-order valence-electron chi connectivity index (χ4n) is 1.90. The van der Waals surface area contributed by atoms with E-state index >= 15 is 0 Å². The van der Waals surface area contributed by atoms with Crippen LogP contribution in [0.15, 0.2) is 28.8 Å². The van der Waals surface area contributed by atoms with Crippen LogP contribution in [0.1, 0.15) is 18.7 Å². The van der Waals surface area contributed by atoms with Crippen LogP contribution in [0.5, 0.6) is 0 Å². The smallest absolute Gasteiger partial charge is 0.270 e. The summed E-state index contributed by atoms with van der Waals surface area (Å²) in [5, 5.41) is 18.0. The van der Waals surface area contributed by atoms with E-state index in [1.54, 1.807) is 12.1 Å². The van der Waals surface area contributed by atoms with Crippen molar-refractivity contribution in [1.29, 1.82) is 0 Å². The Morgan fingerprint density at radius 2 is 2.30 bits per heavy atom. The minimum absolute atomic E-state index is 0.0178. The second kappa shape index (κ2) is 5.38. The molecule has 1 aliphatic carbocycles. The lowest BCUT2D eigenvalue weighted by atomic mass is 10.2. The van der Waals surface area contributed by atoms with Gasteiger partial charge in [0.2, 0.25) is 11.7 Å². The van der Waals surface area contributed by atoms with Gasteiger partial charge in [0, 0.05) is 36.7 Å². The average Bonchev–Trinajstić information content (AvgIpc) is 3.15. The normalized spacial score (nSPS) is 14.4. The van der Waals surface area contributed by atoms with Gasteiger partial charge in [-0.1, -0.05) is 17.3 Å². The number of non-ortho nitro benzene ring substituents is 1. The molecule has 1 N–H and O–H groups in total. The van der Waals surface area contributed by atoms with Crippen molar-refractivity contribution >= 4 is 5.69 Å². The fourth-order valence-corrected chi connectivity index (χ4v) is 1.90. The van der Waals surface area contributed by atoms with E-state index in [9.17, 15) is 10.1 Å². The molecule has 1 aliphatic rings. The highest BCUT2D eigenvalue weighted by Crippen LogP contribution is 2.21. The Morgan fingerprint density at radius 3 is 3.05 bits per heavy atom. The van der Waals surface area contributed by atoms with Gasteiger partial charge >= 0.3 is 0 Å². The Labute approximate surface area is 115 Å². The van der Waals surface area contributed by atoms with Crippen LogP contribution in [-0.4, -0.2) is 27.7 Å². The van der Waals surface area contributed by atoms with Crippen LogP contribution in [0.4, 0.5) is 5.69 Å². The quantitative estimate of drug-likeness (QED) is 0.639. The number of nitro benzene ring substituents is 1. The predicted molar refractivity (Wildman–Crippen MR) is 71.1 cm³/mol. The summed E-state index contributed by atoms with van der Waals surface area (Å²) in [4.78, 5) is 14.6. The first-order valence-electron chi connectivity index (χ1n) is 6.53. The van der Waals surface area contributed by atoms with E-state index in [0.29, 0.717) is 29.7 Å². The molecule has 0 unspecified atom stereocenters. The summed E-state index contributed by atoms with van der Waals surface area (Å²) in [5.74, 6) is 0.926. The number of nitro groups is 1. The molecule has 0 saturated heterocycles. The van der Waals surface area contributed by atoms with Gasteiger partial charge in [0.1, 0.15) is 0 Å². The number of hydrogen-bond donors (Lipinski definition) is 1. The molecule has 0 bridgehead atoms. The highest BCUT2D eigenvalue weighted by molar-refractivity contribution is 5.58. The van der Waals surface area contributed by atoms with Crippen molar-refractivity contribution < 1.29 is 9.45 Å². The van der Waals surface area contributed by atoms with Crippen molar-refractivity contribution in [3.8, 4) is 11.4 Å². The number of nitrogens with one attached hydrogen (secondary N) is 1. The molecule has 1 heterocycles. The zero-order chi connectivity index (χ0) is 13.9. The Hall–Kier alpha value is -2.28. The maximum Gasteiger partial charge on any atom is 0.270 e. The van der Waals surface area contributed by atoms with E-state index in [1.807, 2.05) is 0 Å². The highest BCUT2D eigenvalue weighted by atomic mass is 16.6. The second-order valence-corrected chi connectivity index (χ2v) is 4.80. The summed E-state index contributed by atoms with van der Waals surface area (Å²) in [6.07, 6.45) is 3.14. The lowest BCUT2D eigenvalue weighted by Gasteiger charge is -1.97.